The molecule has 0 unspecified atom stereocenters. The number of aromatic nitrogens is 1. The Morgan fingerprint density at radius 2 is 2.00 bits per heavy atom. The van der Waals surface area contributed by atoms with Gasteiger partial charge in [-0.05, 0) is 56.2 Å². The number of H-pyrrole nitrogens is 1. The molecule has 0 spiro atoms. The largest absolute Gasteiger partial charge is 0.335 e. The number of aryl methyl sites for hydroxylation is 2. The van der Waals surface area contributed by atoms with Crippen molar-refractivity contribution in [3.05, 3.63) is 69.1 Å². The number of urea groups is 1. The number of aromatic amines is 1. The Kier molecular flexibility index (Phi) is 4.93. The van der Waals surface area contributed by atoms with Crippen LogP contribution in [0.1, 0.15) is 41.6 Å². The van der Waals surface area contributed by atoms with Crippen LogP contribution in [0.2, 0.25) is 0 Å². The van der Waals surface area contributed by atoms with E-state index in [4.69, 9.17) is 0 Å². The lowest BCUT2D eigenvalue weighted by Crippen LogP contribution is -2.42. The van der Waals surface area contributed by atoms with Gasteiger partial charge in [0.2, 0.25) is 0 Å². The summed E-state index contributed by atoms with van der Waals surface area (Å²) in [6, 6.07) is 12.2. The summed E-state index contributed by atoms with van der Waals surface area (Å²) in [7, 11) is 0. The number of benzene rings is 1. The standard InChI is InChI=1S/C20H25N3O2/c1-12-9-13(2)22-19(24)18(12)11-21-20(25)23-14(3)16-10-17(16)15-7-5-4-6-8-15/h4-9,14,16-17H,10-11H2,1-3H3,(H,22,24)(H2,21,23,25)/t14-,16-,17+/m1/s1. The van der Waals surface area contributed by atoms with Crippen molar-refractivity contribution in [2.75, 3.05) is 0 Å². The first-order valence-electron chi connectivity index (χ1n) is 8.74. The molecule has 0 bridgehead atoms. The van der Waals surface area contributed by atoms with Crippen LogP contribution in [0.5, 0.6) is 0 Å². The van der Waals surface area contributed by atoms with Crippen molar-refractivity contribution in [3.63, 3.8) is 0 Å². The van der Waals surface area contributed by atoms with Crippen LogP contribution in [0.3, 0.4) is 0 Å². The maximum Gasteiger partial charge on any atom is 0.315 e. The third-order valence-corrected chi connectivity index (χ3v) is 4.99. The fourth-order valence-electron chi connectivity index (χ4n) is 3.49. The molecule has 0 aliphatic heterocycles. The third-order valence-electron chi connectivity index (χ3n) is 4.99. The number of nitrogens with one attached hydrogen (secondary N) is 3. The fraction of sp³-hybridized carbons (Fsp3) is 0.400. The molecule has 5 nitrogen and oxygen atoms in total. The Morgan fingerprint density at radius 3 is 2.68 bits per heavy atom. The first-order valence-corrected chi connectivity index (χ1v) is 8.74. The summed E-state index contributed by atoms with van der Waals surface area (Å²) in [5.74, 6) is 0.997. The molecule has 3 N–H and O–H groups in total. The van der Waals surface area contributed by atoms with Crippen molar-refractivity contribution in [2.45, 2.75) is 45.7 Å². The van der Waals surface area contributed by atoms with Crippen LogP contribution in [0, 0.1) is 19.8 Å². The molecule has 1 aromatic heterocycles. The Hall–Kier alpha value is -2.56. The average molecular weight is 339 g/mol. The molecule has 132 valence electrons. The minimum atomic E-state index is -0.231. The number of hydrogen-bond acceptors (Lipinski definition) is 2. The number of pyridine rings is 1. The van der Waals surface area contributed by atoms with Crippen molar-refractivity contribution < 1.29 is 4.79 Å². The number of carbonyl (C=O) groups excluding carboxylic acids is 1. The Labute approximate surface area is 147 Å². The SMILES string of the molecule is Cc1cc(C)c(CNC(=O)N[C@H](C)[C@H]2C[C@H]2c2ccccc2)c(=O)[nH]1. The molecule has 1 heterocycles. The van der Waals surface area contributed by atoms with Crippen LogP contribution in [0.25, 0.3) is 0 Å². The highest BCUT2D eigenvalue weighted by Crippen LogP contribution is 2.49. The van der Waals surface area contributed by atoms with E-state index in [9.17, 15) is 9.59 Å². The second-order valence-electron chi connectivity index (χ2n) is 6.98. The smallest absolute Gasteiger partial charge is 0.315 e. The van der Waals surface area contributed by atoms with E-state index in [-0.39, 0.29) is 24.2 Å². The van der Waals surface area contributed by atoms with Gasteiger partial charge < -0.3 is 15.6 Å². The maximum atomic E-state index is 12.2. The van der Waals surface area contributed by atoms with E-state index in [1.165, 1.54) is 5.56 Å². The minimum Gasteiger partial charge on any atom is -0.335 e. The van der Waals surface area contributed by atoms with E-state index in [0.717, 1.165) is 17.7 Å². The van der Waals surface area contributed by atoms with Gasteiger partial charge in [0.1, 0.15) is 0 Å². The molecule has 1 aliphatic carbocycles. The zero-order valence-electron chi connectivity index (χ0n) is 14.9. The van der Waals surface area contributed by atoms with Gasteiger partial charge >= 0.3 is 6.03 Å². The molecule has 0 radical (unpaired) electrons. The monoisotopic (exact) mass is 339 g/mol. The first-order chi connectivity index (χ1) is 12.0. The van der Waals surface area contributed by atoms with Gasteiger partial charge in [-0.2, -0.15) is 0 Å². The van der Waals surface area contributed by atoms with E-state index in [0.29, 0.717) is 17.4 Å². The molecule has 0 saturated heterocycles. The molecular formula is C20H25N3O2. The lowest BCUT2D eigenvalue weighted by Gasteiger charge is -2.15. The van der Waals surface area contributed by atoms with Gasteiger partial charge in [-0.25, -0.2) is 4.79 Å². The minimum absolute atomic E-state index is 0.0996. The second kappa shape index (κ2) is 7.13. The predicted octanol–water partition coefficient (Wildman–Crippen LogP) is 2.98. The van der Waals surface area contributed by atoms with Crippen molar-refractivity contribution in [2.24, 2.45) is 5.92 Å². The van der Waals surface area contributed by atoms with Crippen LogP contribution >= 0.6 is 0 Å². The number of rotatable bonds is 5. The highest BCUT2D eigenvalue weighted by atomic mass is 16.2. The molecule has 25 heavy (non-hydrogen) atoms. The predicted molar refractivity (Wildman–Crippen MR) is 98.7 cm³/mol. The molecule has 1 aliphatic rings. The lowest BCUT2D eigenvalue weighted by atomic mass is 10.1. The summed E-state index contributed by atoms with van der Waals surface area (Å²) in [5.41, 5.74) is 3.51. The summed E-state index contributed by atoms with van der Waals surface area (Å²) < 4.78 is 0. The number of hydrogen-bond donors (Lipinski definition) is 3. The highest BCUT2D eigenvalue weighted by molar-refractivity contribution is 5.74. The number of amides is 2. The fourth-order valence-corrected chi connectivity index (χ4v) is 3.49. The molecule has 2 amide bonds. The van der Waals surface area contributed by atoms with Gasteiger partial charge in [-0.1, -0.05) is 30.3 Å². The quantitative estimate of drug-likeness (QED) is 0.783. The van der Waals surface area contributed by atoms with E-state index < -0.39 is 0 Å². The Morgan fingerprint density at radius 1 is 1.28 bits per heavy atom. The van der Waals surface area contributed by atoms with Crippen molar-refractivity contribution in [3.8, 4) is 0 Å². The molecule has 1 fully saturated rings. The summed E-state index contributed by atoms with van der Waals surface area (Å²) in [6.45, 7) is 6.00. The van der Waals surface area contributed by atoms with Gasteiger partial charge in [0.25, 0.3) is 5.56 Å². The van der Waals surface area contributed by atoms with Crippen LogP contribution < -0.4 is 16.2 Å². The molecule has 2 aromatic rings. The van der Waals surface area contributed by atoms with Crippen LogP contribution in [-0.2, 0) is 6.54 Å². The molecule has 1 aromatic carbocycles. The van der Waals surface area contributed by atoms with E-state index in [1.54, 1.807) is 0 Å². The van der Waals surface area contributed by atoms with E-state index >= 15 is 0 Å². The zero-order chi connectivity index (χ0) is 18.0. The summed E-state index contributed by atoms with van der Waals surface area (Å²) in [5, 5.41) is 5.80. The zero-order valence-corrected chi connectivity index (χ0v) is 14.9. The van der Waals surface area contributed by atoms with Gasteiger partial charge in [0, 0.05) is 17.3 Å². The number of carbonyl (C=O) groups is 1. The van der Waals surface area contributed by atoms with Crippen molar-refractivity contribution >= 4 is 6.03 Å². The van der Waals surface area contributed by atoms with Gasteiger partial charge in [0.15, 0.2) is 0 Å². The molecule has 3 atom stereocenters. The average Bonchev–Trinajstić information content (AvgIpc) is 3.35. The maximum absolute atomic E-state index is 12.2. The summed E-state index contributed by atoms with van der Waals surface area (Å²) in [6.07, 6.45) is 1.10. The summed E-state index contributed by atoms with van der Waals surface area (Å²) in [4.78, 5) is 26.9. The second-order valence-corrected chi connectivity index (χ2v) is 6.98. The van der Waals surface area contributed by atoms with Gasteiger partial charge in [-0.3, -0.25) is 4.79 Å². The molecule has 5 heteroatoms. The van der Waals surface area contributed by atoms with E-state index in [2.05, 4.69) is 39.9 Å². The van der Waals surface area contributed by atoms with Gasteiger partial charge in [0.05, 0.1) is 6.54 Å². The molecule has 1 saturated carbocycles. The molecule has 3 rings (SSSR count). The summed E-state index contributed by atoms with van der Waals surface area (Å²) >= 11 is 0. The topological polar surface area (TPSA) is 74.0 Å². The van der Waals surface area contributed by atoms with Crippen LogP contribution in [0.15, 0.2) is 41.2 Å². The van der Waals surface area contributed by atoms with Crippen LogP contribution in [-0.4, -0.2) is 17.1 Å². The third kappa shape index (κ3) is 4.10. The first kappa shape index (κ1) is 17.3. The Balaban J connectivity index is 1.51. The normalized spacial score (nSPS) is 20.0. The van der Waals surface area contributed by atoms with Crippen LogP contribution in [0.4, 0.5) is 4.79 Å². The van der Waals surface area contributed by atoms with Crippen molar-refractivity contribution in [1.82, 2.24) is 15.6 Å². The van der Waals surface area contributed by atoms with Crippen molar-refractivity contribution in [1.29, 1.82) is 0 Å². The highest BCUT2D eigenvalue weighted by Gasteiger charge is 2.42. The van der Waals surface area contributed by atoms with Gasteiger partial charge in [-0.15, -0.1) is 0 Å². The Bertz CT molecular complexity index is 813. The van der Waals surface area contributed by atoms with E-state index in [1.807, 2.05) is 32.9 Å². The lowest BCUT2D eigenvalue weighted by molar-refractivity contribution is 0.236. The molecular weight excluding hydrogens is 314 g/mol.